The minimum Gasteiger partial charge on any atom is -0.481 e. The first-order chi connectivity index (χ1) is 11.6. The number of nitrogens with zero attached hydrogens (tertiary/aromatic N) is 1. The molecule has 0 aliphatic heterocycles. The second kappa shape index (κ2) is 6.67. The molecule has 24 heavy (non-hydrogen) atoms. The summed E-state index contributed by atoms with van der Waals surface area (Å²) in [6, 6.07) is 10.6. The molecule has 0 saturated heterocycles. The summed E-state index contributed by atoms with van der Waals surface area (Å²) in [6.45, 7) is 0. The number of ether oxygens (including phenoxy) is 1. The van der Waals surface area contributed by atoms with Crippen molar-refractivity contribution < 1.29 is 23.8 Å². The van der Waals surface area contributed by atoms with Crippen molar-refractivity contribution in [3.63, 3.8) is 0 Å². The number of carboxylic acids is 1. The monoisotopic (exact) mass is 343 g/mol. The maximum Gasteiger partial charge on any atom is 0.373 e. The SMILES string of the molecule is COC(=O)c1ccc(C=C(CC(=O)O)c2nc3ccccc3s2)o1. The van der Waals surface area contributed by atoms with Crippen molar-refractivity contribution in [1.29, 1.82) is 0 Å². The number of benzene rings is 1. The first kappa shape index (κ1) is 15.9. The second-order valence-corrected chi connectivity index (χ2v) is 5.95. The fourth-order valence-electron chi connectivity index (χ4n) is 2.17. The third-order valence-electron chi connectivity index (χ3n) is 3.24. The van der Waals surface area contributed by atoms with Gasteiger partial charge in [0.25, 0.3) is 0 Å². The Labute approximate surface area is 141 Å². The minimum atomic E-state index is -0.972. The van der Waals surface area contributed by atoms with Crippen LogP contribution in [0.25, 0.3) is 21.9 Å². The molecule has 2 heterocycles. The third kappa shape index (κ3) is 3.36. The fourth-order valence-corrected chi connectivity index (χ4v) is 3.15. The summed E-state index contributed by atoms with van der Waals surface area (Å²) < 4.78 is 10.9. The van der Waals surface area contributed by atoms with Gasteiger partial charge in [-0.2, -0.15) is 0 Å². The smallest absolute Gasteiger partial charge is 0.373 e. The number of carbonyl (C=O) groups excluding carboxylic acids is 1. The van der Waals surface area contributed by atoms with E-state index in [-0.39, 0.29) is 12.2 Å². The van der Waals surface area contributed by atoms with Crippen LogP contribution >= 0.6 is 11.3 Å². The summed E-state index contributed by atoms with van der Waals surface area (Å²) in [5.74, 6) is -1.14. The van der Waals surface area contributed by atoms with Crippen molar-refractivity contribution in [2.45, 2.75) is 6.42 Å². The maximum atomic E-state index is 11.4. The second-order valence-electron chi connectivity index (χ2n) is 4.92. The lowest BCUT2D eigenvalue weighted by Gasteiger charge is -1.99. The van der Waals surface area contributed by atoms with Crippen molar-refractivity contribution in [2.24, 2.45) is 0 Å². The first-order valence-corrected chi connectivity index (χ1v) is 7.85. The lowest BCUT2D eigenvalue weighted by atomic mass is 10.1. The summed E-state index contributed by atoms with van der Waals surface area (Å²) in [5, 5.41) is 9.77. The Bertz CT molecular complexity index is 904. The number of aromatic nitrogens is 1. The number of carbonyl (C=O) groups is 2. The highest BCUT2D eigenvalue weighted by atomic mass is 32.1. The number of furan rings is 1. The van der Waals surface area contributed by atoms with Crippen LogP contribution in [0.15, 0.2) is 40.8 Å². The summed E-state index contributed by atoms with van der Waals surface area (Å²) in [5.41, 5.74) is 1.32. The van der Waals surface area contributed by atoms with Crippen LogP contribution in [0.2, 0.25) is 0 Å². The Kier molecular flexibility index (Phi) is 4.43. The largest absolute Gasteiger partial charge is 0.481 e. The molecule has 6 nitrogen and oxygen atoms in total. The zero-order valence-electron chi connectivity index (χ0n) is 12.7. The minimum absolute atomic E-state index is 0.0581. The van der Waals surface area contributed by atoms with Gasteiger partial charge in [0.15, 0.2) is 0 Å². The molecule has 3 aromatic rings. The van der Waals surface area contributed by atoms with E-state index in [0.717, 1.165) is 10.2 Å². The number of aliphatic carboxylic acids is 1. The molecule has 1 aromatic carbocycles. The number of carboxylic acid groups (broad SMARTS) is 1. The Morgan fingerprint density at radius 1 is 1.29 bits per heavy atom. The molecule has 0 unspecified atom stereocenters. The Hall–Kier alpha value is -2.93. The molecule has 7 heteroatoms. The quantitative estimate of drug-likeness (QED) is 0.711. The summed E-state index contributed by atoms with van der Waals surface area (Å²) in [6.07, 6.45) is 1.38. The van der Waals surface area contributed by atoms with Crippen LogP contribution in [0, 0.1) is 0 Å². The number of rotatable bonds is 5. The zero-order valence-corrected chi connectivity index (χ0v) is 13.5. The van der Waals surface area contributed by atoms with E-state index in [1.54, 1.807) is 12.1 Å². The van der Waals surface area contributed by atoms with Gasteiger partial charge in [0, 0.05) is 5.57 Å². The fraction of sp³-hybridized carbons (Fsp3) is 0.118. The molecule has 0 aliphatic carbocycles. The van der Waals surface area contributed by atoms with Gasteiger partial charge in [0.2, 0.25) is 5.76 Å². The highest BCUT2D eigenvalue weighted by molar-refractivity contribution is 7.19. The molecule has 0 amide bonds. The molecule has 1 N–H and O–H groups in total. The Morgan fingerprint density at radius 3 is 2.79 bits per heavy atom. The van der Waals surface area contributed by atoms with Crippen LogP contribution in [-0.4, -0.2) is 29.1 Å². The number of esters is 1. The van der Waals surface area contributed by atoms with Crippen molar-refractivity contribution in [1.82, 2.24) is 4.98 Å². The van der Waals surface area contributed by atoms with Crippen molar-refractivity contribution in [2.75, 3.05) is 7.11 Å². The normalized spacial score (nSPS) is 11.6. The summed E-state index contributed by atoms with van der Waals surface area (Å²) in [4.78, 5) is 27.1. The van der Waals surface area contributed by atoms with Crippen LogP contribution in [-0.2, 0) is 9.53 Å². The molecule has 122 valence electrons. The number of thiazole rings is 1. The third-order valence-corrected chi connectivity index (χ3v) is 4.35. The molecule has 2 aromatic heterocycles. The average Bonchev–Trinajstić information content (AvgIpc) is 3.19. The molecular weight excluding hydrogens is 330 g/mol. The van der Waals surface area contributed by atoms with E-state index in [4.69, 9.17) is 9.52 Å². The van der Waals surface area contributed by atoms with E-state index in [0.29, 0.717) is 16.3 Å². The zero-order chi connectivity index (χ0) is 17.1. The molecule has 0 saturated carbocycles. The molecule has 0 spiro atoms. The van der Waals surface area contributed by atoms with Gasteiger partial charge >= 0.3 is 11.9 Å². The van der Waals surface area contributed by atoms with Gasteiger partial charge < -0.3 is 14.3 Å². The number of methoxy groups -OCH3 is 1. The standard InChI is InChI=1S/C17H13NO5S/c1-22-17(21)13-7-6-11(23-13)8-10(9-15(19)20)16-18-12-4-2-3-5-14(12)24-16/h2-8H,9H2,1H3,(H,19,20). The van der Waals surface area contributed by atoms with Crippen LogP contribution in [0.3, 0.4) is 0 Å². The number of hydrogen-bond donors (Lipinski definition) is 1. The van der Waals surface area contributed by atoms with E-state index in [9.17, 15) is 9.59 Å². The number of hydrogen-bond acceptors (Lipinski definition) is 6. The van der Waals surface area contributed by atoms with Crippen LogP contribution in [0.5, 0.6) is 0 Å². The van der Waals surface area contributed by atoms with Crippen LogP contribution in [0.4, 0.5) is 0 Å². The highest BCUT2D eigenvalue weighted by Gasteiger charge is 2.15. The Balaban J connectivity index is 2.00. The van der Waals surface area contributed by atoms with Crippen molar-refractivity contribution >= 4 is 45.1 Å². The topological polar surface area (TPSA) is 89.6 Å². The molecule has 0 fully saturated rings. The first-order valence-electron chi connectivity index (χ1n) is 7.03. The van der Waals surface area contributed by atoms with E-state index < -0.39 is 11.9 Å². The molecular formula is C17H13NO5S. The molecule has 3 rings (SSSR count). The maximum absolute atomic E-state index is 11.4. The molecule has 0 aliphatic rings. The van der Waals surface area contributed by atoms with Crippen LogP contribution < -0.4 is 0 Å². The van der Waals surface area contributed by atoms with Gasteiger partial charge in [-0.15, -0.1) is 11.3 Å². The lowest BCUT2D eigenvalue weighted by Crippen LogP contribution is -1.98. The summed E-state index contributed by atoms with van der Waals surface area (Å²) in [7, 11) is 1.26. The highest BCUT2D eigenvalue weighted by Crippen LogP contribution is 2.30. The molecule has 0 radical (unpaired) electrons. The van der Waals surface area contributed by atoms with Gasteiger partial charge in [0.05, 0.1) is 23.7 Å². The number of para-hydroxylation sites is 1. The predicted molar refractivity (Wildman–Crippen MR) is 89.8 cm³/mol. The molecule has 0 atom stereocenters. The summed E-state index contributed by atoms with van der Waals surface area (Å²) >= 11 is 1.41. The van der Waals surface area contributed by atoms with Gasteiger partial charge in [-0.05, 0) is 30.3 Å². The van der Waals surface area contributed by atoms with E-state index in [1.165, 1.54) is 24.5 Å². The van der Waals surface area contributed by atoms with Gasteiger partial charge in [-0.3, -0.25) is 4.79 Å². The van der Waals surface area contributed by atoms with Gasteiger partial charge in [0.1, 0.15) is 10.8 Å². The van der Waals surface area contributed by atoms with E-state index in [1.807, 2.05) is 24.3 Å². The average molecular weight is 343 g/mol. The lowest BCUT2D eigenvalue weighted by molar-refractivity contribution is -0.135. The van der Waals surface area contributed by atoms with E-state index in [2.05, 4.69) is 9.72 Å². The van der Waals surface area contributed by atoms with Gasteiger partial charge in [-0.25, -0.2) is 9.78 Å². The number of fused-ring (bicyclic) bond motifs is 1. The predicted octanol–water partition coefficient (Wildman–Crippen LogP) is 3.69. The Morgan fingerprint density at radius 2 is 2.08 bits per heavy atom. The van der Waals surface area contributed by atoms with Crippen molar-refractivity contribution in [3.05, 3.63) is 52.9 Å². The van der Waals surface area contributed by atoms with E-state index >= 15 is 0 Å². The molecule has 0 bridgehead atoms. The van der Waals surface area contributed by atoms with Crippen molar-refractivity contribution in [3.8, 4) is 0 Å². The van der Waals surface area contributed by atoms with Crippen LogP contribution in [0.1, 0.15) is 27.7 Å². The van der Waals surface area contributed by atoms with Gasteiger partial charge in [-0.1, -0.05) is 12.1 Å².